The SMILES string of the molecule is COc1ccc(-c2cccc3c2CNC3=O)c(OCCOC(C)=O)c1OC. The molecule has 1 heterocycles. The molecule has 142 valence electrons. The van der Waals surface area contributed by atoms with Crippen LogP contribution in [0.2, 0.25) is 0 Å². The van der Waals surface area contributed by atoms with Gasteiger partial charge in [0.25, 0.3) is 5.91 Å². The summed E-state index contributed by atoms with van der Waals surface area (Å²) in [4.78, 5) is 23.0. The predicted molar refractivity (Wildman–Crippen MR) is 98.3 cm³/mol. The third kappa shape index (κ3) is 3.67. The lowest BCUT2D eigenvalue weighted by Gasteiger charge is -2.19. The van der Waals surface area contributed by atoms with E-state index in [4.69, 9.17) is 18.9 Å². The molecule has 7 nitrogen and oxygen atoms in total. The van der Waals surface area contributed by atoms with Gasteiger partial charge in [0.2, 0.25) is 5.75 Å². The van der Waals surface area contributed by atoms with E-state index in [1.807, 2.05) is 18.2 Å². The van der Waals surface area contributed by atoms with Gasteiger partial charge in [0.1, 0.15) is 13.2 Å². The minimum absolute atomic E-state index is 0.0929. The number of ether oxygens (including phenoxy) is 4. The van der Waals surface area contributed by atoms with Crippen molar-refractivity contribution in [2.75, 3.05) is 27.4 Å². The molecule has 1 amide bonds. The third-order valence-corrected chi connectivity index (χ3v) is 4.27. The summed E-state index contributed by atoms with van der Waals surface area (Å²) in [5.74, 6) is 0.960. The van der Waals surface area contributed by atoms with Gasteiger partial charge in [-0.3, -0.25) is 9.59 Å². The minimum Gasteiger partial charge on any atom is -0.493 e. The van der Waals surface area contributed by atoms with Gasteiger partial charge in [0.05, 0.1) is 14.2 Å². The number of methoxy groups -OCH3 is 2. The van der Waals surface area contributed by atoms with Gasteiger partial charge >= 0.3 is 5.97 Å². The van der Waals surface area contributed by atoms with Crippen LogP contribution in [0, 0.1) is 0 Å². The molecule has 3 rings (SSSR count). The van der Waals surface area contributed by atoms with Gasteiger partial charge in [-0.1, -0.05) is 12.1 Å². The van der Waals surface area contributed by atoms with Crippen molar-refractivity contribution in [1.29, 1.82) is 0 Å². The number of benzene rings is 2. The molecule has 0 atom stereocenters. The second kappa shape index (κ2) is 7.99. The fourth-order valence-corrected chi connectivity index (χ4v) is 3.09. The van der Waals surface area contributed by atoms with E-state index in [2.05, 4.69) is 5.32 Å². The summed E-state index contributed by atoms with van der Waals surface area (Å²) >= 11 is 0. The fourth-order valence-electron chi connectivity index (χ4n) is 3.09. The standard InChI is InChI=1S/C20H21NO6/c1-12(22)26-9-10-27-18-14(7-8-17(24-2)19(18)25-3)13-5-4-6-15-16(13)11-21-20(15)23/h4-8H,9-11H2,1-3H3,(H,21,23). The van der Waals surface area contributed by atoms with E-state index in [0.29, 0.717) is 29.4 Å². The Morgan fingerprint density at radius 3 is 2.48 bits per heavy atom. The summed E-state index contributed by atoms with van der Waals surface area (Å²) in [7, 11) is 3.07. The molecule has 7 heteroatoms. The van der Waals surface area contributed by atoms with E-state index in [-0.39, 0.29) is 25.1 Å². The van der Waals surface area contributed by atoms with Crippen molar-refractivity contribution < 1.29 is 28.5 Å². The van der Waals surface area contributed by atoms with Gasteiger partial charge in [0.15, 0.2) is 11.5 Å². The van der Waals surface area contributed by atoms with Gasteiger partial charge in [-0.05, 0) is 29.3 Å². The second-order valence-corrected chi connectivity index (χ2v) is 5.88. The van der Waals surface area contributed by atoms with Crippen molar-refractivity contribution in [3.05, 3.63) is 41.5 Å². The Labute approximate surface area is 157 Å². The Kier molecular flexibility index (Phi) is 5.49. The molecule has 0 aliphatic carbocycles. The number of nitrogens with one attached hydrogen (secondary N) is 1. The van der Waals surface area contributed by atoms with Crippen LogP contribution in [0.4, 0.5) is 0 Å². The molecule has 0 bridgehead atoms. The van der Waals surface area contributed by atoms with Crippen LogP contribution >= 0.6 is 0 Å². The van der Waals surface area contributed by atoms with E-state index in [9.17, 15) is 9.59 Å². The Hall–Kier alpha value is -3.22. The summed E-state index contributed by atoms with van der Waals surface area (Å²) in [5.41, 5.74) is 3.19. The monoisotopic (exact) mass is 371 g/mol. The Balaban J connectivity index is 2.05. The predicted octanol–water partition coefficient (Wildman–Crippen LogP) is 2.56. The van der Waals surface area contributed by atoms with E-state index in [0.717, 1.165) is 16.7 Å². The average Bonchev–Trinajstić information content (AvgIpc) is 3.05. The zero-order valence-electron chi connectivity index (χ0n) is 15.5. The molecule has 1 N–H and O–H groups in total. The van der Waals surface area contributed by atoms with Crippen LogP contribution in [-0.4, -0.2) is 39.3 Å². The van der Waals surface area contributed by atoms with Crippen molar-refractivity contribution in [3.63, 3.8) is 0 Å². The lowest BCUT2D eigenvalue weighted by atomic mass is 9.95. The lowest BCUT2D eigenvalue weighted by Crippen LogP contribution is -2.12. The van der Waals surface area contributed by atoms with Crippen LogP contribution in [0.1, 0.15) is 22.8 Å². The molecular formula is C20H21NO6. The number of fused-ring (bicyclic) bond motifs is 1. The Morgan fingerprint density at radius 2 is 1.78 bits per heavy atom. The summed E-state index contributed by atoms with van der Waals surface area (Å²) < 4.78 is 21.7. The molecule has 0 fully saturated rings. The number of amides is 1. The fraction of sp³-hybridized carbons (Fsp3) is 0.300. The number of rotatable bonds is 7. The molecule has 0 saturated heterocycles. The average molecular weight is 371 g/mol. The molecule has 27 heavy (non-hydrogen) atoms. The highest BCUT2D eigenvalue weighted by Crippen LogP contribution is 2.46. The Morgan fingerprint density at radius 1 is 1.00 bits per heavy atom. The molecule has 0 saturated carbocycles. The van der Waals surface area contributed by atoms with Crippen LogP contribution < -0.4 is 19.5 Å². The normalized spacial score (nSPS) is 12.2. The van der Waals surface area contributed by atoms with Crippen LogP contribution in [0.25, 0.3) is 11.1 Å². The molecule has 0 unspecified atom stereocenters. The number of hydrogen-bond donors (Lipinski definition) is 1. The van der Waals surface area contributed by atoms with Crippen LogP contribution in [0.15, 0.2) is 30.3 Å². The maximum absolute atomic E-state index is 12.0. The lowest BCUT2D eigenvalue weighted by molar-refractivity contribution is -0.141. The topological polar surface area (TPSA) is 83.1 Å². The summed E-state index contributed by atoms with van der Waals surface area (Å²) in [6.07, 6.45) is 0. The maximum atomic E-state index is 12.0. The number of carbonyl (C=O) groups excluding carboxylic acids is 2. The van der Waals surface area contributed by atoms with E-state index in [1.165, 1.54) is 14.0 Å². The minimum atomic E-state index is -0.373. The summed E-state index contributed by atoms with van der Waals surface area (Å²) in [6.45, 7) is 2.06. The van der Waals surface area contributed by atoms with Gasteiger partial charge in [-0.2, -0.15) is 0 Å². The number of esters is 1. The van der Waals surface area contributed by atoms with E-state index < -0.39 is 0 Å². The molecule has 2 aromatic carbocycles. The van der Waals surface area contributed by atoms with Gasteiger partial charge < -0.3 is 24.3 Å². The highest BCUT2D eigenvalue weighted by Gasteiger charge is 2.25. The summed E-state index contributed by atoms with van der Waals surface area (Å²) in [5, 5.41) is 2.84. The van der Waals surface area contributed by atoms with Crippen molar-refractivity contribution in [2.24, 2.45) is 0 Å². The van der Waals surface area contributed by atoms with Gasteiger partial charge in [0, 0.05) is 24.6 Å². The van der Waals surface area contributed by atoms with Crippen molar-refractivity contribution in [1.82, 2.24) is 5.32 Å². The highest BCUT2D eigenvalue weighted by atomic mass is 16.6. The van der Waals surface area contributed by atoms with Crippen LogP contribution in [0.5, 0.6) is 17.2 Å². The first-order chi connectivity index (χ1) is 13.1. The zero-order chi connectivity index (χ0) is 19.4. The first kappa shape index (κ1) is 18.6. The van der Waals surface area contributed by atoms with Crippen molar-refractivity contribution in [3.8, 4) is 28.4 Å². The molecule has 2 aromatic rings. The third-order valence-electron chi connectivity index (χ3n) is 4.27. The largest absolute Gasteiger partial charge is 0.493 e. The van der Waals surface area contributed by atoms with Crippen LogP contribution in [0.3, 0.4) is 0 Å². The molecule has 1 aliphatic heterocycles. The molecule has 0 spiro atoms. The Bertz CT molecular complexity index is 877. The first-order valence-electron chi connectivity index (χ1n) is 8.48. The van der Waals surface area contributed by atoms with Gasteiger partial charge in [-0.15, -0.1) is 0 Å². The highest BCUT2D eigenvalue weighted by molar-refractivity contribution is 6.01. The van der Waals surface area contributed by atoms with Crippen LogP contribution in [-0.2, 0) is 16.1 Å². The number of hydrogen-bond acceptors (Lipinski definition) is 6. The van der Waals surface area contributed by atoms with Crippen molar-refractivity contribution >= 4 is 11.9 Å². The number of carbonyl (C=O) groups is 2. The van der Waals surface area contributed by atoms with Crippen molar-refractivity contribution in [2.45, 2.75) is 13.5 Å². The molecule has 1 aliphatic rings. The zero-order valence-corrected chi connectivity index (χ0v) is 15.5. The van der Waals surface area contributed by atoms with E-state index in [1.54, 1.807) is 19.2 Å². The second-order valence-electron chi connectivity index (χ2n) is 5.88. The summed E-state index contributed by atoms with van der Waals surface area (Å²) in [6, 6.07) is 9.21. The van der Waals surface area contributed by atoms with E-state index >= 15 is 0 Å². The quantitative estimate of drug-likeness (QED) is 0.595. The maximum Gasteiger partial charge on any atom is 0.302 e. The first-order valence-corrected chi connectivity index (χ1v) is 8.48. The smallest absolute Gasteiger partial charge is 0.302 e. The molecule has 0 radical (unpaired) electrons. The molecule has 0 aromatic heterocycles. The van der Waals surface area contributed by atoms with Gasteiger partial charge in [-0.25, -0.2) is 0 Å². The molecular weight excluding hydrogens is 350 g/mol.